The Morgan fingerprint density at radius 3 is 2.81 bits per heavy atom. The number of likely N-dealkylation sites (tertiary alicyclic amines) is 1. The van der Waals surface area contributed by atoms with Gasteiger partial charge < -0.3 is 20.1 Å². The number of methoxy groups -OCH3 is 1. The van der Waals surface area contributed by atoms with Gasteiger partial charge in [-0.3, -0.25) is 4.79 Å². The fourth-order valence-corrected chi connectivity index (χ4v) is 2.38. The van der Waals surface area contributed by atoms with Crippen molar-refractivity contribution < 1.29 is 14.3 Å². The maximum absolute atomic E-state index is 12.5. The molecule has 2 N–H and O–H groups in total. The van der Waals surface area contributed by atoms with Crippen molar-refractivity contribution >= 4 is 18.3 Å². The smallest absolute Gasteiger partial charge is 0.257 e. The first kappa shape index (κ1) is 17.8. The molecule has 1 aliphatic heterocycles. The van der Waals surface area contributed by atoms with Gasteiger partial charge in [-0.1, -0.05) is 12.1 Å². The van der Waals surface area contributed by atoms with Crippen molar-refractivity contribution in [2.45, 2.75) is 6.42 Å². The van der Waals surface area contributed by atoms with E-state index in [1.54, 1.807) is 13.2 Å². The highest BCUT2D eigenvalue weighted by Gasteiger charge is 2.27. The van der Waals surface area contributed by atoms with E-state index in [0.29, 0.717) is 37.0 Å². The van der Waals surface area contributed by atoms with Crippen LogP contribution in [0.1, 0.15) is 16.8 Å². The van der Waals surface area contributed by atoms with Crippen molar-refractivity contribution in [3.8, 4) is 5.75 Å². The minimum Gasteiger partial charge on any atom is -0.490 e. The lowest BCUT2D eigenvalue weighted by atomic mass is 10.1. The summed E-state index contributed by atoms with van der Waals surface area (Å²) in [5.74, 6) is 1.06. The van der Waals surface area contributed by atoms with Crippen molar-refractivity contribution in [1.29, 1.82) is 0 Å². The first-order chi connectivity index (χ1) is 9.76. The number of nitrogens with two attached hydrogens (primary N) is 1. The summed E-state index contributed by atoms with van der Waals surface area (Å²) in [7, 11) is 1.62. The zero-order valence-corrected chi connectivity index (χ0v) is 13.1. The largest absolute Gasteiger partial charge is 0.490 e. The van der Waals surface area contributed by atoms with Crippen LogP contribution in [-0.2, 0) is 4.74 Å². The van der Waals surface area contributed by atoms with Gasteiger partial charge in [-0.2, -0.15) is 0 Å². The van der Waals surface area contributed by atoms with Crippen molar-refractivity contribution in [1.82, 2.24) is 4.90 Å². The van der Waals surface area contributed by atoms with Crippen molar-refractivity contribution in [2.75, 3.05) is 40.0 Å². The van der Waals surface area contributed by atoms with E-state index in [1.165, 1.54) is 0 Å². The van der Waals surface area contributed by atoms with E-state index < -0.39 is 0 Å². The summed E-state index contributed by atoms with van der Waals surface area (Å²) in [6.07, 6.45) is 0.981. The fraction of sp³-hybridized carbons (Fsp3) is 0.533. The van der Waals surface area contributed by atoms with Gasteiger partial charge in [0, 0.05) is 20.2 Å². The Morgan fingerprint density at radius 1 is 1.38 bits per heavy atom. The summed E-state index contributed by atoms with van der Waals surface area (Å²) in [5, 5.41) is 0. The van der Waals surface area contributed by atoms with E-state index in [1.807, 2.05) is 23.1 Å². The van der Waals surface area contributed by atoms with E-state index in [0.717, 1.165) is 19.5 Å². The van der Waals surface area contributed by atoms with Gasteiger partial charge in [0.05, 0.1) is 12.2 Å². The summed E-state index contributed by atoms with van der Waals surface area (Å²) in [6, 6.07) is 7.35. The average molecular weight is 315 g/mol. The molecule has 0 saturated carbocycles. The maximum atomic E-state index is 12.5. The zero-order chi connectivity index (χ0) is 14.4. The third-order valence-corrected chi connectivity index (χ3v) is 3.57. The highest BCUT2D eigenvalue weighted by Crippen LogP contribution is 2.23. The van der Waals surface area contributed by atoms with Gasteiger partial charge in [0.15, 0.2) is 0 Å². The van der Waals surface area contributed by atoms with E-state index in [4.69, 9.17) is 15.2 Å². The lowest BCUT2D eigenvalue weighted by molar-refractivity contribution is 0.0780. The SMILES string of the molecule is COCCOc1ccccc1C(=O)N1CCC(CN)C1.Cl. The predicted molar refractivity (Wildman–Crippen MR) is 84.1 cm³/mol. The number of amides is 1. The second-order valence-corrected chi connectivity index (χ2v) is 4.98. The number of para-hydroxylation sites is 1. The fourth-order valence-electron chi connectivity index (χ4n) is 2.38. The Bertz CT molecular complexity index is 456. The maximum Gasteiger partial charge on any atom is 0.257 e. The molecule has 1 saturated heterocycles. The van der Waals surface area contributed by atoms with Gasteiger partial charge in [-0.25, -0.2) is 0 Å². The molecule has 1 aliphatic rings. The Morgan fingerprint density at radius 2 is 2.14 bits per heavy atom. The molecule has 5 nitrogen and oxygen atoms in total. The number of ether oxygens (including phenoxy) is 2. The van der Waals surface area contributed by atoms with E-state index in [2.05, 4.69) is 0 Å². The Labute approximate surface area is 131 Å². The summed E-state index contributed by atoms with van der Waals surface area (Å²) in [6.45, 7) is 3.08. The highest BCUT2D eigenvalue weighted by molar-refractivity contribution is 5.97. The van der Waals surface area contributed by atoms with Crippen molar-refractivity contribution in [3.63, 3.8) is 0 Å². The molecule has 1 aromatic carbocycles. The Balaban J connectivity index is 0.00000220. The van der Waals surface area contributed by atoms with Crippen LogP contribution >= 0.6 is 12.4 Å². The molecule has 0 radical (unpaired) electrons. The molecule has 1 unspecified atom stereocenters. The second kappa shape index (κ2) is 8.87. The summed E-state index contributed by atoms with van der Waals surface area (Å²) < 4.78 is 10.6. The van der Waals surface area contributed by atoms with Crippen LogP contribution < -0.4 is 10.5 Å². The number of carbonyl (C=O) groups is 1. The molecular formula is C15H23ClN2O3. The van der Waals surface area contributed by atoms with Crippen LogP contribution in [0.3, 0.4) is 0 Å². The molecule has 1 fully saturated rings. The standard InChI is InChI=1S/C15H22N2O3.ClH/c1-19-8-9-20-14-5-3-2-4-13(14)15(18)17-7-6-12(10-16)11-17;/h2-5,12H,6-11,16H2,1H3;1H. The number of benzene rings is 1. The van der Waals surface area contributed by atoms with Gasteiger partial charge in [-0.15, -0.1) is 12.4 Å². The molecule has 6 heteroatoms. The minimum absolute atomic E-state index is 0. The Kier molecular flexibility index (Phi) is 7.50. The molecule has 0 bridgehead atoms. The second-order valence-electron chi connectivity index (χ2n) is 4.98. The van der Waals surface area contributed by atoms with Gasteiger partial charge in [0.2, 0.25) is 0 Å². The molecule has 2 rings (SSSR count). The molecule has 1 heterocycles. The number of halogens is 1. The number of rotatable bonds is 6. The number of nitrogens with zero attached hydrogens (tertiary/aromatic N) is 1. The predicted octanol–water partition coefficient (Wildman–Crippen LogP) is 1.55. The van der Waals surface area contributed by atoms with Crippen molar-refractivity contribution in [2.24, 2.45) is 11.7 Å². The van der Waals surface area contributed by atoms with Crippen LogP contribution in [0.25, 0.3) is 0 Å². The molecular weight excluding hydrogens is 292 g/mol. The van der Waals surface area contributed by atoms with Gasteiger partial charge in [0.25, 0.3) is 5.91 Å². The first-order valence-corrected chi connectivity index (χ1v) is 6.96. The van der Waals surface area contributed by atoms with Crippen LogP contribution in [0.2, 0.25) is 0 Å². The van der Waals surface area contributed by atoms with Crippen LogP contribution in [0.4, 0.5) is 0 Å². The van der Waals surface area contributed by atoms with Crippen LogP contribution in [0.5, 0.6) is 5.75 Å². The van der Waals surface area contributed by atoms with Gasteiger partial charge in [-0.05, 0) is 31.0 Å². The first-order valence-electron chi connectivity index (χ1n) is 6.96. The molecule has 118 valence electrons. The molecule has 1 aromatic rings. The lowest BCUT2D eigenvalue weighted by Crippen LogP contribution is -2.30. The van der Waals surface area contributed by atoms with Gasteiger partial charge in [0.1, 0.15) is 12.4 Å². The topological polar surface area (TPSA) is 64.8 Å². The van der Waals surface area contributed by atoms with Crippen molar-refractivity contribution in [3.05, 3.63) is 29.8 Å². The van der Waals surface area contributed by atoms with E-state index >= 15 is 0 Å². The van der Waals surface area contributed by atoms with Crippen LogP contribution in [0, 0.1) is 5.92 Å². The van der Waals surface area contributed by atoms with Gasteiger partial charge >= 0.3 is 0 Å². The summed E-state index contributed by atoms with van der Waals surface area (Å²) >= 11 is 0. The molecule has 0 spiro atoms. The number of carbonyl (C=O) groups excluding carboxylic acids is 1. The van der Waals surface area contributed by atoms with Crippen LogP contribution in [0.15, 0.2) is 24.3 Å². The molecule has 0 aromatic heterocycles. The summed E-state index contributed by atoms with van der Waals surface area (Å²) in [4.78, 5) is 14.4. The Hall–Kier alpha value is -1.30. The molecule has 1 amide bonds. The lowest BCUT2D eigenvalue weighted by Gasteiger charge is -2.18. The van der Waals surface area contributed by atoms with E-state index in [9.17, 15) is 4.79 Å². The third-order valence-electron chi connectivity index (χ3n) is 3.57. The quantitative estimate of drug-likeness (QED) is 0.809. The number of hydrogen-bond acceptors (Lipinski definition) is 4. The molecule has 21 heavy (non-hydrogen) atoms. The highest BCUT2D eigenvalue weighted by atomic mass is 35.5. The van der Waals surface area contributed by atoms with Crippen LogP contribution in [-0.4, -0.2) is 50.8 Å². The third kappa shape index (κ3) is 4.59. The molecule has 0 aliphatic carbocycles. The normalized spacial score (nSPS) is 17.4. The zero-order valence-electron chi connectivity index (χ0n) is 12.3. The average Bonchev–Trinajstić information content (AvgIpc) is 2.96. The van der Waals surface area contributed by atoms with E-state index in [-0.39, 0.29) is 18.3 Å². The monoisotopic (exact) mass is 314 g/mol. The summed E-state index contributed by atoms with van der Waals surface area (Å²) in [5.41, 5.74) is 6.28. The minimum atomic E-state index is 0. The molecule has 1 atom stereocenters. The number of hydrogen-bond donors (Lipinski definition) is 1.